The summed E-state index contributed by atoms with van der Waals surface area (Å²) in [7, 11) is 0. The molecule has 1 aromatic carbocycles. The molecule has 1 fully saturated rings. The summed E-state index contributed by atoms with van der Waals surface area (Å²) in [4.78, 5) is 28.7. The number of aliphatic imine (C=N–C) groups is 2. The van der Waals surface area contributed by atoms with Gasteiger partial charge in [-0.1, -0.05) is 24.3 Å². The fourth-order valence-electron chi connectivity index (χ4n) is 4.89. The molecule has 2 aromatic rings. The van der Waals surface area contributed by atoms with Crippen molar-refractivity contribution >= 4 is 46.1 Å². The maximum atomic E-state index is 15.2. The lowest BCUT2D eigenvalue weighted by molar-refractivity contribution is -0.132. The van der Waals surface area contributed by atoms with Crippen LogP contribution >= 0.6 is 11.8 Å². The third kappa shape index (κ3) is 6.53. The summed E-state index contributed by atoms with van der Waals surface area (Å²) < 4.78 is 34.8. The van der Waals surface area contributed by atoms with E-state index in [1.54, 1.807) is 26.1 Å². The lowest BCUT2D eigenvalue weighted by Gasteiger charge is -2.37. The van der Waals surface area contributed by atoms with Crippen molar-refractivity contribution < 1.29 is 18.3 Å². The molecule has 1 aromatic heterocycles. The van der Waals surface area contributed by atoms with Crippen LogP contribution in [0.15, 0.2) is 46.7 Å². The quantitative estimate of drug-likeness (QED) is 0.220. The second-order valence-corrected chi connectivity index (χ2v) is 11.9. The lowest BCUT2D eigenvalue weighted by atomic mass is 9.93. The molecule has 0 saturated carbocycles. The van der Waals surface area contributed by atoms with Crippen LogP contribution < -0.4 is 5.32 Å². The first-order valence-electron chi connectivity index (χ1n) is 13.1. The maximum Gasteiger partial charge on any atom is 0.239 e. The third-order valence-electron chi connectivity index (χ3n) is 6.84. The molecule has 2 unspecified atom stereocenters. The number of rotatable bonds is 8. The molecule has 0 aliphatic carbocycles. The van der Waals surface area contributed by atoms with Gasteiger partial charge in [-0.05, 0) is 64.7 Å². The topological polar surface area (TPSA) is 79.2 Å². The van der Waals surface area contributed by atoms with E-state index in [0.29, 0.717) is 16.5 Å². The van der Waals surface area contributed by atoms with Crippen molar-refractivity contribution in [1.82, 2.24) is 9.88 Å². The summed E-state index contributed by atoms with van der Waals surface area (Å²) >= 11 is 1.39. The fraction of sp³-hybridized carbons (Fsp3) is 0.400. The Hall–Kier alpha value is -3.71. The average molecular weight is 566 g/mol. The van der Waals surface area contributed by atoms with Gasteiger partial charge in [0.2, 0.25) is 5.91 Å². The molecule has 3 heterocycles. The number of halogens is 2. The predicted octanol–water partition coefficient (Wildman–Crippen LogP) is 6.64. The number of terminal acetylenes is 1. The molecule has 3 atom stereocenters. The number of carbonyl (C=O) groups excluding carboxylic acids is 1. The zero-order valence-electron chi connectivity index (χ0n) is 23.1. The van der Waals surface area contributed by atoms with Crippen LogP contribution in [0.3, 0.4) is 0 Å². The number of hydrogen-bond acceptors (Lipinski definition) is 7. The Labute approximate surface area is 238 Å². The standard InChI is InChI=1S/C30H33F2N5O2S/c1-7-19(3)39-20(4)17-34-27-18(2)10-11-33-28(27)36-22-14-23(26(32)24(31)15-22)25-16-30(6,40-21(5)35-25)29(38)37-12-8-9-13-37/h1,10-11,14-15,17,19,25H,4,8-9,12-13,16H2,2-3,5-6H3,(H,33,36)/t19?,25?,30-/m1/s1. The van der Waals surface area contributed by atoms with E-state index in [0.717, 1.165) is 37.6 Å². The Balaban J connectivity index is 1.63. The van der Waals surface area contributed by atoms with Crippen LogP contribution in [0.25, 0.3) is 0 Å². The van der Waals surface area contributed by atoms with Gasteiger partial charge in [0.1, 0.15) is 11.4 Å². The number of carbonyl (C=O) groups is 1. The van der Waals surface area contributed by atoms with Gasteiger partial charge in [0.25, 0.3) is 0 Å². The number of hydrogen-bond donors (Lipinski definition) is 1. The molecule has 0 bridgehead atoms. The Morgan fingerprint density at radius 1 is 1.38 bits per heavy atom. The molecule has 4 rings (SSSR count). The summed E-state index contributed by atoms with van der Waals surface area (Å²) in [6.45, 7) is 12.5. The summed E-state index contributed by atoms with van der Waals surface area (Å²) in [6, 6.07) is 3.63. The number of likely N-dealkylation sites (tertiary alicyclic amines) is 1. The Morgan fingerprint density at radius 3 is 2.80 bits per heavy atom. The minimum Gasteiger partial charge on any atom is -0.477 e. The van der Waals surface area contributed by atoms with Crippen LogP contribution in [0.5, 0.6) is 0 Å². The van der Waals surface area contributed by atoms with Crippen molar-refractivity contribution in [1.29, 1.82) is 0 Å². The highest BCUT2D eigenvalue weighted by Gasteiger charge is 2.44. The normalized spacial score (nSPS) is 21.6. The number of pyridine rings is 1. The first-order valence-corrected chi connectivity index (χ1v) is 13.9. The van der Waals surface area contributed by atoms with Crippen LogP contribution in [0.4, 0.5) is 26.0 Å². The molecular formula is C30H33F2N5O2S. The minimum absolute atomic E-state index is 0.0121. The van der Waals surface area contributed by atoms with E-state index >= 15 is 4.39 Å². The number of ether oxygens (including phenoxy) is 1. The number of nitrogens with one attached hydrogen (secondary N) is 1. The molecule has 0 spiro atoms. The van der Waals surface area contributed by atoms with E-state index < -0.39 is 28.5 Å². The Bertz CT molecular complexity index is 1410. The van der Waals surface area contributed by atoms with Gasteiger partial charge in [0, 0.05) is 36.6 Å². The van der Waals surface area contributed by atoms with Crippen molar-refractivity contribution in [3.63, 3.8) is 0 Å². The van der Waals surface area contributed by atoms with E-state index in [4.69, 9.17) is 11.2 Å². The molecule has 2 aliphatic heterocycles. The Kier molecular flexibility index (Phi) is 8.94. The molecule has 2 aliphatic rings. The largest absolute Gasteiger partial charge is 0.477 e. The SMILES string of the molecule is C#CC(C)OC(=C)C=Nc1c(C)ccnc1Nc1cc(F)c(F)c(C2C[C@](C)(C(=O)N3CCCC3)SC(C)=N2)c1. The molecule has 10 heteroatoms. The summed E-state index contributed by atoms with van der Waals surface area (Å²) in [6.07, 6.45) is 10.1. The highest BCUT2D eigenvalue weighted by Crippen LogP contribution is 2.45. The van der Waals surface area contributed by atoms with Gasteiger partial charge < -0.3 is 15.0 Å². The monoisotopic (exact) mass is 565 g/mol. The first kappa shape index (κ1) is 29.3. The zero-order valence-corrected chi connectivity index (χ0v) is 23.9. The molecule has 1 saturated heterocycles. The number of nitrogens with zero attached hydrogens (tertiary/aromatic N) is 4. The zero-order chi connectivity index (χ0) is 29.0. The van der Waals surface area contributed by atoms with Gasteiger partial charge in [0.15, 0.2) is 23.6 Å². The van der Waals surface area contributed by atoms with E-state index in [1.165, 1.54) is 24.0 Å². The highest BCUT2D eigenvalue weighted by molar-refractivity contribution is 8.15. The van der Waals surface area contributed by atoms with Crippen molar-refractivity contribution in [3.8, 4) is 12.3 Å². The number of aromatic nitrogens is 1. The molecule has 1 amide bonds. The lowest BCUT2D eigenvalue weighted by Crippen LogP contribution is -2.46. The predicted molar refractivity (Wildman–Crippen MR) is 158 cm³/mol. The van der Waals surface area contributed by atoms with Crippen molar-refractivity contribution in [2.75, 3.05) is 18.4 Å². The molecule has 40 heavy (non-hydrogen) atoms. The van der Waals surface area contributed by atoms with Crippen LogP contribution in [-0.2, 0) is 9.53 Å². The summed E-state index contributed by atoms with van der Waals surface area (Å²) in [5.74, 6) is 1.05. The van der Waals surface area contributed by atoms with Gasteiger partial charge in [0.05, 0.1) is 22.0 Å². The van der Waals surface area contributed by atoms with Crippen molar-refractivity contribution in [2.45, 2.75) is 63.9 Å². The number of thioether (sulfide) groups is 1. The molecule has 210 valence electrons. The van der Waals surface area contributed by atoms with Gasteiger partial charge in [-0.2, -0.15) is 0 Å². The van der Waals surface area contributed by atoms with Crippen LogP contribution in [0.1, 0.15) is 57.2 Å². The number of amides is 1. The molecular weight excluding hydrogens is 532 g/mol. The van der Waals surface area contributed by atoms with E-state index in [2.05, 4.69) is 32.8 Å². The average Bonchev–Trinajstić information content (AvgIpc) is 3.44. The minimum atomic E-state index is -1.03. The smallest absolute Gasteiger partial charge is 0.239 e. The summed E-state index contributed by atoms with van der Waals surface area (Å²) in [5, 5.41) is 3.73. The van der Waals surface area contributed by atoms with E-state index in [1.807, 2.05) is 18.7 Å². The molecule has 1 N–H and O–H groups in total. The third-order valence-corrected chi connectivity index (χ3v) is 8.04. The van der Waals surface area contributed by atoms with E-state index in [-0.39, 0.29) is 29.3 Å². The van der Waals surface area contributed by atoms with Gasteiger partial charge >= 0.3 is 0 Å². The molecule has 0 radical (unpaired) electrons. The Morgan fingerprint density at radius 2 is 2.10 bits per heavy atom. The van der Waals surface area contributed by atoms with Crippen LogP contribution in [0, 0.1) is 30.9 Å². The van der Waals surface area contributed by atoms with E-state index in [9.17, 15) is 9.18 Å². The number of anilines is 2. The van der Waals surface area contributed by atoms with Crippen molar-refractivity contribution in [3.05, 3.63) is 59.5 Å². The van der Waals surface area contributed by atoms with Crippen LogP contribution in [0.2, 0.25) is 0 Å². The van der Waals surface area contributed by atoms with Gasteiger partial charge in [-0.3, -0.25) is 9.79 Å². The number of benzene rings is 1. The maximum absolute atomic E-state index is 15.2. The number of aryl methyl sites for hydroxylation is 1. The highest BCUT2D eigenvalue weighted by atomic mass is 32.2. The van der Waals surface area contributed by atoms with Gasteiger partial charge in [-0.25, -0.2) is 18.8 Å². The van der Waals surface area contributed by atoms with Gasteiger partial charge in [-0.15, -0.1) is 6.42 Å². The second kappa shape index (κ2) is 12.2. The van der Waals surface area contributed by atoms with Crippen molar-refractivity contribution in [2.24, 2.45) is 9.98 Å². The summed E-state index contributed by atoms with van der Waals surface area (Å²) in [5.41, 5.74) is 1.61. The first-order chi connectivity index (χ1) is 19.0. The van der Waals surface area contributed by atoms with Crippen LogP contribution in [-0.4, -0.2) is 51.0 Å². The molecule has 7 nitrogen and oxygen atoms in total. The second-order valence-electron chi connectivity index (χ2n) is 10.2. The number of allylic oxidation sites excluding steroid dienone is 1. The fourth-order valence-corrected chi connectivity index (χ4v) is 6.18.